The van der Waals surface area contributed by atoms with Crippen molar-refractivity contribution in [2.24, 2.45) is 11.8 Å². The Labute approximate surface area is 119 Å². The zero-order valence-corrected chi connectivity index (χ0v) is 11.9. The normalized spacial score (nSPS) is 22.5. The lowest BCUT2D eigenvalue weighted by Crippen LogP contribution is -2.29. The van der Waals surface area contributed by atoms with E-state index in [1.807, 2.05) is 6.92 Å². The first-order valence-electron chi connectivity index (χ1n) is 5.90. The van der Waals surface area contributed by atoms with Crippen LogP contribution in [0.2, 0.25) is 0 Å². The molecule has 0 saturated carbocycles. The molecule has 0 aromatic heterocycles. The number of aliphatic carboxylic acids is 1. The highest BCUT2D eigenvalue weighted by Gasteiger charge is 2.37. The third kappa shape index (κ3) is 2.73. The van der Waals surface area contributed by atoms with Gasteiger partial charge >= 0.3 is 5.97 Å². The highest BCUT2D eigenvalue weighted by molar-refractivity contribution is 9.10. The van der Waals surface area contributed by atoms with E-state index < -0.39 is 11.9 Å². The maximum atomic E-state index is 12.2. The lowest BCUT2D eigenvalue weighted by molar-refractivity contribution is -0.142. The molecule has 2 N–H and O–H groups in total. The number of nitrogens with zero attached hydrogens (tertiary/aromatic N) is 1. The van der Waals surface area contributed by atoms with Crippen molar-refractivity contribution in [2.45, 2.75) is 6.92 Å². The molecule has 102 valence electrons. The molecule has 1 amide bonds. The molecular formula is C13H14BrNO4. The smallest absolute Gasteiger partial charge is 0.308 e. The molecule has 19 heavy (non-hydrogen) atoms. The van der Waals surface area contributed by atoms with E-state index in [0.717, 1.165) is 0 Å². The number of hydrogen-bond acceptors (Lipinski definition) is 3. The second-order valence-corrected chi connectivity index (χ2v) is 5.65. The van der Waals surface area contributed by atoms with Crippen molar-refractivity contribution in [1.82, 2.24) is 4.90 Å². The lowest BCUT2D eigenvalue weighted by atomic mass is 9.99. The fourth-order valence-electron chi connectivity index (χ4n) is 2.28. The van der Waals surface area contributed by atoms with Crippen molar-refractivity contribution >= 4 is 27.8 Å². The summed E-state index contributed by atoms with van der Waals surface area (Å²) in [5.74, 6) is -1.72. The van der Waals surface area contributed by atoms with E-state index in [0.29, 0.717) is 16.6 Å². The van der Waals surface area contributed by atoms with Gasteiger partial charge in [0.05, 0.1) is 10.4 Å². The van der Waals surface area contributed by atoms with Crippen LogP contribution in [0.15, 0.2) is 22.7 Å². The van der Waals surface area contributed by atoms with Gasteiger partial charge in [-0.3, -0.25) is 9.59 Å². The van der Waals surface area contributed by atoms with Crippen LogP contribution in [0.4, 0.5) is 0 Å². The Hall–Kier alpha value is -1.56. The van der Waals surface area contributed by atoms with Gasteiger partial charge in [-0.25, -0.2) is 0 Å². The number of carboxylic acid groups (broad SMARTS) is 1. The SMILES string of the molecule is C[C@@H]1CN(C(=O)c2ccc(Br)c(O)c2)C[C@H]1C(=O)O. The van der Waals surface area contributed by atoms with Gasteiger partial charge in [0, 0.05) is 18.7 Å². The number of hydrogen-bond donors (Lipinski definition) is 2. The number of carboxylic acids is 1. The molecule has 5 nitrogen and oxygen atoms in total. The minimum atomic E-state index is -0.874. The molecule has 1 heterocycles. The van der Waals surface area contributed by atoms with Crippen LogP contribution in [-0.4, -0.2) is 40.1 Å². The van der Waals surface area contributed by atoms with Gasteiger partial charge in [-0.2, -0.15) is 0 Å². The summed E-state index contributed by atoms with van der Waals surface area (Å²) in [6, 6.07) is 4.58. The predicted octanol–water partition coefficient (Wildman–Crippen LogP) is 1.95. The molecule has 0 radical (unpaired) electrons. The number of phenolic OH excluding ortho intramolecular Hbond substituents is 1. The molecule has 0 unspecified atom stereocenters. The minimum Gasteiger partial charge on any atom is -0.507 e. The Morgan fingerprint density at radius 1 is 1.37 bits per heavy atom. The highest BCUT2D eigenvalue weighted by atomic mass is 79.9. The van der Waals surface area contributed by atoms with Gasteiger partial charge in [0.1, 0.15) is 5.75 Å². The fourth-order valence-corrected chi connectivity index (χ4v) is 2.53. The molecule has 2 rings (SSSR count). The van der Waals surface area contributed by atoms with Gasteiger partial charge in [-0.15, -0.1) is 0 Å². The molecule has 1 aromatic rings. The number of carbonyl (C=O) groups is 2. The van der Waals surface area contributed by atoms with E-state index in [-0.39, 0.29) is 24.1 Å². The number of rotatable bonds is 2. The number of carbonyl (C=O) groups excluding carboxylic acids is 1. The molecule has 1 saturated heterocycles. The summed E-state index contributed by atoms with van der Waals surface area (Å²) in [5.41, 5.74) is 0.360. The van der Waals surface area contributed by atoms with Gasteiger partial charge in [-0.05, 0) is 40.0 Å². The van der Waals surface area contributed by atoms with Crippen LogP contribution in [0.5, 0.6) is 5.75 Å². The highest BCUT2D eigenvalue weighted by Crippen LogP contribution is 2.28. The molecule has 1 aliphatic rings. The largest absolute Gasteiger partial charge is 0.507 e. The summed E-state index contributed by atoms with van der Waals surface area (Å²) in [7, 11) is 0. The van der Waals surface area contributed by atoms with Gasteiger partial charge in [0.25, 0.3) is 5.91 Å². The van der Waals surface area contributed by atoms with E-state index in [1.54, 1.807) is 12.1 Å². The fraction of sp³-hybridized carbons (Fsp3) is 0.385. The Kier molecular flexibility index (Phi) is 3.80. The molecule has 0 bridgehead atoms. The zero-order chi connectivity index (χ0) is 14.2. The quantitative estimate of drug-likeness (QED) is 0.870. The van der Waals surface area contributed by atoms with Gasteiger partial charge in [0.2, 0.25) is 0 Å². The van der Waals surface area contributed by atoms with E-state index >= 15 is 0 Å². The maximum absolute atomic E-state index is 12.2. The average molecular weight is 328 g/mol. The minimum absolute atomic E-state index is 0.00659. The monoisotopic (exact) mass is 327 g/mol. The van der Waals surface area contributed by atoms with E-state index in [2.05, 4.69) is 15.9 Å². The van der Waals surface area contributed by atoms with Gasteiger partial charge in [-0.1, -0.05) is 6.92 Å². The molecule has 6 heteroatoms. The van der Waals surface area contributed by atoms with E-state index in [1.165, 1.54) is 11.0 Å². The summed E-state index contributed by atoms with van der Waals surface area (Å²) in [6.07, 6.45) is 0. The number of phenols is 1. The second kappa shape index (κ2) is 5.21. The van der Waals surface area contributed by atoms with Crippen molar-refractivity contribution in [1.29, 1.82) is 0 Å². The summed E-state index contributed by atoms with van der Waals surface area (Å²) >= 11 is 3.15. The summed E-state index contributed by atoms with van der Waals surface area (Å²) < 4.78 is 0.516. The van der Waals surface area contributed by atoms with Crippen LogP contribution in [-0.2, 0) is 4.79 Å². The summed E-state index contributed by atoms with van der Waals surface area (Å²) in [6.45, 7) is 2.46. The van der Waals surface area contributed by atoms with E-state index in [9.17, 15) is 14.7 Å². The van der Waals surface area contributed by atoms with Crippen LogP contribution in [0.25, 0.3) is 0 Å². The van der Waals surface area contributed by atoms with Crippen LogP contribution < -0.4 is 0 Å². The van der Waals surface area contributed by atoms with Crippen molar-refractivity contribution in [3.63, 3.8) is 0 Å². The Morgan fingerprint density at radius 3 is 2.58 bits per heavy atom. The number of amides is 1. The summed E-state index contributed by atoms with van der Waals surface area (Å²) in [5, 5.41) is 18.6. The third-order valence-electron chi connectivity index (χ3n) is 3.41. The Balaban J connectivity index is 2.17. The number of aromatic hydroxyl groups is 1. The first-order chi connectivity index (χ1) is 8.90. The average Bonchev–Trinajstić information content (AvgIpc) is 2.74. The first kappa shape index (κ1) is 13.9. The molecule has 0 aliphatic carbocycles. The van der Waals surface area contributed by atoms with Crippen molar-refractivity contribution in [3.05, 3.63) is 28.2 Å². The topological polar surface area (TPSA) is 77.8 Å². The Bertz CT molecular complexity index is 531. The van der Waals surface area contributed by atoms with Crippen molar-refractivity contribution in [2.75, 3.05) is 13.1 Å². The zero-order valence-electron chi connectivity index (χ0n) is 10.3. The molecule has 1 aliphatic heterocycles. The van der Waals surface area contributed by atoms with Crippen molar-refractivity contribution < 1.29 is 19.8 Å². The molecule has 1 fully saturated rings. The first-order valence-corrected chi connectivity index (χ1v) is 6.70. The van der Waals surface area contributed by atoms with Crippen LogP contribution >= 0.6 is 15.9 Å². The molecule has 2 atom stereocenters. The van der Waals surface area contributed by atoms with Crippen LogP contribution in [0.3, 0.4) is 0 Å². The van der Waals surface area contributed by atoms with Gasteiger partial charge in [0.15, 0.2) is 0 Å². The number of likely N-dealkylation sites (tertiary alicyclic amines) is 1. The van der Waals surface area contributed by atoms with E-state index in [4.69, 9.17) is 5.11 Å². The molecular weight excluding hydrogens is 314 g/mol. The van der Waals surface area contributed by atoms with Crippen molar-refractivity contribution in [3.8, 4) is 5.75 Å². The number of benzene rings is 1. The number of halogens is 1. The molecule has 0 spiro atoms. The standard InChI is InChI=1S/C13H14BrNO4/c1-7-5-15(6-9(7)13(18)19)12(17)8-2-3-10(14)11(16)4-8/h2-4,7,9,16H,5-6H2,1H3,(H,18,19)/t7-,9-/m1/s1. The molecule has 1 aromatic carbocycles. The summed E-state index contributed by atoms with van der Waals surface area (Å²) in [4.78, 5) is 24.8. The predicted molar refractivity (Wildman–Crippen MR) is 72.0 cm³/mol. The Morgan fingerprint density at radius 2 is 2.05 bits per heavy atom. The van der Waals surface area contributed by atoms with Crippen LogP contribution in [0, 0.1) is 11.8 Å². The third-order valence-corrected chi connectivity index (χ3v) is 4.08. The second-order valence-electron chi connectivity index (χ2n) is 4.80. The lowest BCUT2D eigenvalue weighted by Gasteiger charge is -2.16. The maximum Gasteiger partial charge on any atom is 0.308 e. The van der Waals surface area contributed by atoms with Crippen LogP contribution in [0.1, 0.15) is 17.3 Å². The van der Waals surface area contributed by atoms with Gasteiger partial charge < -0.3 is 15.1 Å².